The van der Waals surface area contributed by atoms with Crippen molar-refractivity contribution < 1.29 is 13.5 Å². The van der Waals surface area contributed by atoms with Gasteiger partial charge in [-0.25, -0.2) is 8.78 Å². The zero-order valence-corrected chi connectivity index (χ0v) is 16.0. The molecule has 2 aromatic carbocycles. The van der Waals surface area contributed by atoms with Crippen molar-refractivity contribution in [1.82, 2.24) is 5.32 Å². The Hall–Kier alpha value is -1.98. The predicted octanol–water partition coefficient (Wildman–Crippen LogP) is 4.51. The van der Waals surface area contributed by atoms with Crippen LogP contribution in [0.4, 0.5) is 8.78 Å². The lowest BCUT2D eigenvalue weighted by Gasteiger charge is -2.28. The normalized spacial score (nSPS) is 26.8. The van der Waals surface area contributed by atoms with Gasteiger partial charge < -0.3 is 15.8 Å². The second-order valence-corrected chi connectivity index (χ2v) is 8.15. The molecule has 0 saturated heterocycles. The maximum atomic E-state index is 14.5. The van der Waals surface area contributed by atoms with Gasteiger partial charge in [-0.3, -0.25) is 0 Å². The average molecular weight is 386 g/mol. The largest absolute Gasteiger partial charge is 0.486 e. The fourth-order valence-corrected chi connectivity index (χ4v) is 4.33. The summed E-state index contributed by atoms with van der Waals surface area (Å²) >= 11 is 0. The molecule has 4 rings (SSSR count). The first-order valence-corrected chi connectivity index (χ1v) is 10.3. The minimum absolute atomic E-state index is 0.100. The summed E-state index contributed by atoms with van der Waals surface area (Å²) in [6.07, 6.45) is 5.46. The molecule has 0 spiro atoms. The molecule has 0 aliphatic heterocycles. The van der Waals surface area contributed by atoms with Crippen LogP contribution in [-0.2, 0) is 6.61 Å². The number of halogens is 2. The summed E-state index contributed by atoms with van der Waals surface area (Å²) in [5.74, 6) is -0.244. The SMILES string of the molecule is NCC1CCC(NC2CC2c2cc(F)cc(F)c2OCc2ccccc2)CC1. The molecule has 0 amide bonds. The predicted molar refractivity (Wildman–Crippen MR) is 106 cm³/mol. The first kappa shape index (κ1) is 19.3. The van der Waals surface area contributed by atoms with Gasteiger partial charge in [0.25, 0.3) is 0 Å². The lowest BCUT2D eigenvalue weighted by Crippen LogP contribution is -2.36. The lowest BCUT2D eigenvalue weighted by atomic mass is 9.86. The van der Waals surface area contributed by atoms with Crippen molar-refractivity contribution >= 4 is 0 Å². The van der Waals surface area contributed by atoms with Crippen molar-refractivity contribution in [1.29, 1.82) is 0 Å². The van der Waals surface area contributed by atoms with Crippen molar-refractivity contribution in [3.05, 3.63) is 65.2 Å². The first-order chi connectivity index (χ1) is 13.6. The molecule has 3 nitrogen and oxygen atoms in total. The summed E-state index contributed by atoms with van der Waals surface area (Å²) < 4.78 is 34.2. The zero-order valence-electron chi connectivity index (χ0n) is 16.0. The minimum Gasteiger partial charge on any atom is -0.486 e. The number of hydrogen-bond donors (Lipinski definition) is 2. The Balaban J connectivity index is 1.41. The fourth-order valence-electron chi connectivity index (χ4n) is 4.33. The molecule has 2 fully saturated rings. The van der Waals surface area contributed by atoms with Gasteiger partial charge in [-0.05, 0) is 56.2 Å². The Kier molecular flexibility index (Phi) is 5.93. The van der Waals surface area contributed by atoms with Crippen LogP contribution in [0.2, 0.25) is 0 Å². The van der Waals surface area contributed by atoms with E-state index in [0.29, 0.717) is 17.5 Å². The van der Waals surface area contributed by atoms with Gasteiger partial charge in [0.15, 0.2) is 11.6 Å². The molecule has 2 aliphatic carbocycles. The van der Waals surface area contributed by atoms with Crippen LogP contribution in [0.1, 0.15) is 49.1 Å². The topological polar surface area (TPSA) is 47.3 Å². The van der Waals surface area contributed by atoms with Gasteiger partial charge in [0, 0.05) is 29.6 Å². The molecule has 2 atom stereocenters. The third-order valence-electron chi connectivity index (χ3n) is 6.08. The molecule has 5 heteroatoms. The second-order valence-electron chi connectivity index (χ2n) is 8.15. The smallest absolute Gasteiger partial charge is 0.168 e. The number of rotatable bonds is 7. The summed E-state index contributed by atoms with van der Waals surface area (Å²) in [5.41, 5.74) is 7.37. The molecular formula is C23H28F2N2O. The van der Waals surface area contributed by atoms with Crippen LogP contribution in [0, 0.1) is 17.6 Å². The minimum atomic E-state index is -0.625. The van der Waals surface area contributed by atoms with E-state index in [1.807, 2.05) is 30.3 Å². The first-order valence-electron chi connectivity index (χ1n) is 10.3. The van der Waals surface area contributed by atoms with E-state index in [-0.39, 0.29) is 24.3 Å². The van der Waals surface area contributed by atoms with E-state index in [1.54, 1.807) is 0 Å². The van der Waals surface area contributed by atoms with Gasteiger partial charge in [-0.15, -0.1) is 0 Å². The highest BCUT2D eigenvalue weighted by molar-refractivity contribution is 5.42. The van der Waals surface area contributed by atoms with E-state index < -0.39 is 11.6 Å². The summed E-state index contributed by atoms with van der Waals surface area (Å²) in [6, 6.07) is 12.7. The molecule has 0 aromatic heterocycles. The highest BCUT2D eigenvalue weighted by atomic mass is 19.1. The monoisotopic (exact) mass is 386 g/mol. The molecule has 2 unspecified atom stereocenters. The number of ether oxygens (including phenoxy) is 1. The van der Waals surface area contributed by atoms with Gasteiger partial charge >= 0.3 is 0 Å². The van der Waals surface area contributed by atoms with Crippen LogP contribution in [0.5, 0.6) is 5.75 Å². The molecule has 3 N–H and O–H groups in total. The van der Waals surface area contributed by atoms with Crippen LogP contribution in [0.3, 0.4) is 0 Å². The molecule has 150 valence electrons. The van der Waals surface area contributed by atoms with Crippen LogP contribution in [-0.4, -0.2) is 18.6 Å². The molecule has 28 heavy (non-hydrogen) atoms. The average Bonchev–Trinajstić information content (AvgIpc) is 3.47. The maximum absolute atomic E-state index is 14.5. The molecule has 0 bridgehead atoms. The van der Waals surface area contributed by atoms with E-state index in [0.717, 1.165) is 50.3 Å². The Morgan fingerprint density at radius 1 is 1.04 bits per heavy atom. The Morgan fingerprint density at radius 2 is 1.79 bits per heavy atom. The van der Waals surface area contributed by atoms with Gasteiger partial charge in [0.2, 0.25) is 0 Å². The lowest BCUT2D eigenvalue weighted by molar-refractivity contribution is 0.283. The second kappa shape index (κ2) is 8.58. The number of nitrogens with two attached hydrogens (primary N) is 1. The quantitative estimate of drug-likeness (QED) is 0.736. The highest BCUT2D eigenvalue weighted by Gasteiger charge is 2.42. The van der Waals surface area contributed by atoms with Gasteiger partial charge in [0.05, 0.1) is 0 Å². The molecule has 0 heterocycles. The Bertz CT molecular complexity index is 791. The molecule has 2 aromatic rings. The summed E-state index contributed by atoms with van der Waals surface area (Å²) in [6.45, 7) is 1.04. The number of benzene rings is 2. The molecular weight excluding hydrogens is 358 g/mol. The van der Waals surface area contributed by atoms with Crippen LogP contribution >= 0.6 is 0 Å². The molecule has 2 saturated carbocycles. The summed E-state index contributed by atoms with van der Waals surface area (Å²) in [7, 11) is 0. The Labute approximate surface area is 165 Å². The van der Waals surface area contributed by atoms with Gasteiger partial charge in [-0.1, -0.05) is 30.3 Å². The van der Waals surface area contributed by atoms with E-state index in [1.165, 1.54) is 6.07 Å². The highest BCUT2D eigenvalue weighted by Crippen LogP contribution is 2.46. The molecule has 2 aliphatic rings. The summed E-state index contributed by atoms with van der Waals surface area (Å²) in [5, 5.41) is 3.68. The van der Waals surface area contributed by atoms with E-state index in [9.17, 15) is 8.78 Å². The van der Waals surface area contributed by atoms with Crippen LogP contribution in [0.15, 0.2) is 42.5 Å². The van der Waals surface area contributed by atoms with E-state index in [4.69, 9.17) is 10.5 Å². The van der Waals surface area contributed by atoms with E-state index >= 15 is 0 Å². The fraction of sp³-hybridized carbons (Fsp3) is 0.478. The van der Waals surface area contributed by atoms with Crippen LogP contribution in [0.25, 0.3) is 0 Å². The maximum Gasteiger partial charge on any atom is 0.168 e. The van der Waals surface area contributed by atoms with Crippen molar-refractivity contribution in [2.75, 3.05) is 6.54 Å². The van der Waals surface area contributed by atoms with Crippen molar-refractivity contribution in [2.45, 2.75) is 56.7 Å². The van der Waals surface area contributed by atoms with Gasteiger partial charge in [-0.2, -0.15) is 0 Å². The van der Waals surface area contributed by atoms with Gasteiger partial charge in [0.1, 0.15) is 12.4 Å². The van der Waals surface area contributed by atoms with E-state index in [2.05, 4.69) is 5.32 Å². The third-order valence-corrected chi connectivity index (χ3v) is 6.08. The van der Waals surface area contributed by atoms with Crippen LogP contribution < -0.4 is 15.8 Å². The summed E-state index contributed by atoms with van der Waals surface area (Å²) in [4.78, 5) is 0. The third kappa shape index (κ3) is 4.53. The van der Waals surface area contributed by atoms with Crippen molar-refractivity contribution in [2.24, 2.45) is 11.7 Å². The Morgan fingerprint density at radius 3 is 2.50 bits per heavy atom. The van der Waals surface area contributed by atoms with Crippen molar-refractivity contribution in [3.63, 3.8) is 0 Å². The van der Waals surface area contributed by atoms with Crippen molar-refractivity contribution in [3.8, 4) is 5.75 Å². The molecule has 0 radical (unpaired) electrons. The number of hydrogen-bond acceptors (Lipinski definition) is 3. The zero-order chi connectivity index (χ0) is 19.5. The standard InChI is InChI=1S/C23H28F2N2O/c24-17-10-20(19-12-22(19)27-18-8-6-15(13-26)7-9-18)23(21(25)11-17)28-14-16-4-2-1-3-5-16/h1-5,10-11,15,18-19,22,27H,6-9,12-14,26H2. The number of nitrogens with one attached hydrogen (secondary N) is 1.